The maximum atomic E-state index is 5.61. The number of anilines is 1. The van der Waals surface area contributed by atoms with E-state index in [-0.39, 0.29) is 6.04 Å². The molecule has 1 aliphatic heterocycles. The van der Waals surface area contributed by atoms with E-state index >= 15 is 0 Å². The molecular formula is C30H28N6O2S. The van der Waals surface area contributed by atoms with E-state index in [9.17, 15) is 0 Å². The predicted octanol–water partition coefficient (Wildman–Crippen LogP) is 6.38. The molecule has 3 heterocycles. The van der Waals surface area contributed by atoms with Crippen LogP contribution in [0.3, 0.4) is 0 Å². The van der Waals surface area contributed by atoms with Crippen LogP contribution >= 0.6 is 11.3 Å². The Bertz CT molecular complexity index is 1640. The normalized spacial score (nSPS) is 14.9. The molecule has 39 heavy (non-hydrogen) atoms. The molecule has 1 atom stereocenters. The average molecular weight is 537 g/mol. The lowest BCUT2D eigenvalue weighted by Crippen LogP contribution is -2.18. The molecule has 0 saturated heterocycles. The van der Waals surface area contributed by atoms with Gasteiger partial charge in [-0.05, 0) is 43.7 Å². The maximum absolute atomic E-state index is 5.61. The second-order valence-corrected chi connectivity index (χ2v) is 10.2. The third kappa shape index (κ3) is 4.66. The molecule has 3 aromatic carbocycles. The average Bonchev–Trinajstić information content (AvgIpc) is 3.72. The molecule has 0 fully saturated rings. The highest BCUT2D eigenvalue weighted by Gasteiger charge is 2.34. The zero-order valence-electron chi connectivity index (χ0n) is 22.2. The zero-order valence-corrected chi connectivity index (χ0v) is 23.0. The lowest BCUT2D eigenvalue weighted by atomic mass is 10.00. The number of rotatable bonds is 7. The van der Waals surface area contributed by atoms with Gasteiger partial charge in [0.2, 0.25) is 5.13 Å². The number of thiazole rings is 1. The lowest BCUT2D eigenvalue weighted by molar-refractivity contribution is 0.354. The molecule has 0 amide bonds. The highest BCUT2D eigenvalue weighted by atomic mass is 32.1. The first-order chi connectivity index (χ1) is 19.1. The summed E-state index contributed by atoms with van der Waals surface area (Å²) >= 11 is 1.57. The Morgan fingerprint density at radius 1 is 0.897 bits per heavy atom. The van der Waals surface area contributed by atoms with Gasteiger partial charge in [0, 0.05) is 17.4 Å². The van der Waals surface area contributed by atoms with Gasteiger partial charge >= 0.3 is 0 Å². The lowest BCUT2D eigenvalue weighted by Gasteiger charge is -2.22. The fourth-order valence-electron chi connectivity index (χ4n) is 4.79. The standard InChI is InChI=1S/C30H28N6O2S/c1-19-10-13-23(14-11-19)35-20(2)29(32-34-35)24-17-26(22-12-15-27(37-3)28(16-22)38-4)36(33-24)30-31-25(18-39-30)21-8-6-5-7-9-21/h5-16,18,26H,17H2,1-4H3. The van der Waals surface area contributed by atoms with Gasteiger partial charge in [-0.2, -0.15) is 5.10 Å². The van der Waals surface area contributed by atoms with Crippen LogP contribution in [0.4, 0.5) is 5.13 Å². The van der Waals surface area contributed by atoms with Crippen LogP contribution in [0.15, 0.2) is 83.3 Å². The summed E-state index contributed by atoms with van der Waals surface area (Å²) in [7, 11) is 3.29. The molecule has 1 unspecified atom stereocenters. The van der Waals surface area contributed by atoms with Crippen molar-refractivity contribution in [1.29, 1.82) is 0 Å². The largest absolute Gasteiger partial charge is 0.493 e. The number of hydrogen-bond donors (Lipinski definition) is 0. The van der Waals surface area contributed by atoms with Gasteiger partial charge in [-0.25, -0.2) is 14.7 Å². The molecule has 0 aliphatic carbocycles. The van der Waals surface area contributed by atoms with Crippen LogP contribution in [0.5, 0.6) is 11.5 Å². The summed E-state index contributed by atoms with van der Waals surface area (Å²) in [6, 6.07) is 24.3. The number of aromatic nitrogens is 4. The summed E-state index contributed by atoms with van der Waals surface area (Å²) in [5, 5.41) is 19.0. The van der Waals surface area contributed by atoms with Crippen molar-refractivity contribution in [2.75, 3.05) is 19.2 Å². The fourth-order valence-corrected chi connectivity index (χ4v) is 5.62. The molecule has 2 aromatic heterocycles. The number of nitrogens with zero attached hydrogens (tertiary/aromatic N) is 6. The summed E-state index contributed by atoms with van der Waals surface area (Å²) in [6.07, 6.45) is 0.642. The second kappa shape index (κ2) is 10.3. The van der Waals surface area contributed by atoms with Gasteiger partial charge in [-0.15, -0.1) is 16.4 Å². The molecule has 0 saturated carbocycles. The summed E-state index contributed by atoms with van der Waals surface area (Å²) < 4.78 is 13.0. The summed E-state index contributed by atoms with van der Waals surface area (Å²) in [4.78, 5) is 4.97. The molecule has 196 valence electrons. The predicted molar refractivity (Wildman–Crippen MR) is 154 cm³/mol. The van der Waals surface area contributed by atoms with Gasteiger partial charge < -0.3 is 9.47 Å². The van der Waals surface area contributed by atoms with Gasteiger partial charge in [-0.1, -0.05) is 59.3 Å². The molecule has 1 aliphatic rings. The van der Waals surface area contributed by atoms with Crippen LogP contribution in [0.25, 0.3) is 16.9 Å². The monoisotopic (exact) mass is 536 g/mol. The molecule has 0 N–H and O–H groups in total. The Morgan fingerprint density at radius 3 is 2.41 bits per heavy atom. The Balaban J connectivity index is 1.40. The van der Waals surface area contributed by atoms with E-state index in [1.54, 1.807) is 25.6 Å². The van der Waals surface area contributed by atoms with Crippen molar-refractivity contribution in [3.05, 3.63) is 101 Å². The smallest absolute Gasteiger partial charge is 0.207 e. The number of methoxy groups -OCH3 is 2. The zero-order chi connectivity index (χ0) is 26.9. The number of aryl methyl sites for hydroxylation is 1. The quantitative estimate of drug-likeness (QED) is 0.240. The van der Waals surface area contributed by atoms with E-state index in [2.05, 4.69) is 65.1 Å². The van der Waals surface area contributed by atoms with Crippen molar-refractivity contribution in [3.8, 4) is 28.4 Å². The highest BCUT2D eigenvalue weighted by Crippen LogP contribution is 2.41. The topological polar surface area (TPSA) is 77.7 Å². The van der Waals surface area contributed by atoms with Crippen molar-refractivity contribution < 1.29 is 9.47 Å². The highest BCUT2D eigenvalue weighted by molar-refractivity contribution is 7.14. The molecular weight excluding hydrogens is 508 g/mol. The molecule has 5 aromatic rings. The number of hydrogen-bond acceptors (Lipinski definition) is 8. The van der Waals surface area contributed by atoms with Gasteiger partial charge in [0.1, 0.15) is 5.69 Å². The van der Waals surface area contributed by atoms with Crippen LogP contribution in [-0.2, 0) is 0 Å². The minimum Gasteiger partial charge on any atom is -0.493 e. The van der Waals surface area contributed by atoms with Crippen molar-refractivity contribution in [3.63, 3.8) is 0 Å². The Hall–Kier alpha value is -4.50. The number of ether oxygens (including phenoxy) is 2. The van der Waals surface area contributed by atoms with Crippen molar-refractivity contribution >= 4 is 22.2 Å². The van der Waals surface area contributed by atoms with Crippen molar-refractivity contribution in [1.82, 2.24) is 20.0 Å². The van der Waals surface area contributed by atoms with E-state index in [0.717, 1.165) is 44.7 Å². The van der Waals surface area contributed by atoms with Crippen molar-refractivity contribution in [2.24, 2.45) is 5.10 Å². The van der Waals surface area contributed by atoms with Gasteiger partial charge in [0.25, 0.3) is 0 Å². The van der Waals surface area contributed by atoms with Crippen LogP contribution in [0.2, 0.25) is 0 Å². The third-order valence-electron chi connectivity index (χ3n) is 6.91. The summed E-state index contributed by atoms with van der Waals surface area (Å²) in [6.45, 7) is 4.10. The van der Waals surface area contributed by atoms with E-state index in [1.165, 1.54) is 5.56 Å². The second-order valence-electron chi connectivity index (χ2n) is 9.38. The molecule has 9 heteroatoms. The molecule has 8 nitrogen and oxygen atoms in total. The third-order valence-corrected chi connectivity index (χ3v) is 7.74. The Kier molecular flexibility index (Phi) is 6.58. The minimum absolute atomic E-state index is 0.0986. The summed E-state index contributed by atoms with van der Waals surface area (Å²) in [5.41, 5.74) is 7.79. The van der Waals surface area contributed by atoms with Crippen LogP contribution in [-0.4, -0.2) is 39.9 Å². The first-order valence-electron chi connectivity index (χ1n) is 12.6. The fraction of sp³-hybridized carbons (Fsp3) is 0.200. The van der Waals surface area contributed by atoms with Gasteiger partial charge in [-0.3, -0.25) is 0 Å². The molecule has 0 spiro atoms. The van der Waals surface area contributed by atoms with E-state index in [0.29, 0.717) is 17.9 Å². The van der Waals surface area contributed by atoms with Gasteiger partial charge in [0.15, 0.2) is 11.5 Å². The van der Waals surface area contributed by atoms with E-state index < -0.39 is 0 Å². The maximum Gasteiger partial charge on any atom is 0.207 e. The molecule has 0 bridgehead atoms. The Morgan fingerprint density at radius 2 is 1.67 bits per heavy atom. The number of hydrazone groups is 1. The first kappa shape index (κ1) is 24.8. The van der Waals surface area contributed by atoms with E-state index in [4.69, 9.17) is 19.6 Å². The van der Waals surface area contributed by atoms with Crippen LogP contribution in [0.1, 0.15) is 35.0 Å². The Labute approximate surface area is 231 Å². The van der Waals surface area contributed by atoms with Crippen LogP contribution in [0, 0.1) is 13.8 Å². The summed E-state index contributed by atoms with van der Waals surface area (Å²) in [5.74, 6) is 1.36. The van der Waals surface area contributed by atoms with Crippen molar-refractivity contribution in [2.45, 2.75) is 26.3 Å². The van der Waals surface area contributed by atoms with E-state index in [1.807, 2.05) is 46.9 Å². The van der Waals surface area contributed by atoms with Gasteiger partial charge in [0.05, 0.1) is 43.0 Å². The SMILES string of the molecule is COc1ccc(C2CC(c3nnn(-c4ccc(C)cc4)c3C)=NN2c2nc(-c3ccccc3)cs2)cc1OC. The first-order valence-corrected chi connectivity index (χ1v) is 13.5. The molecule has 6 rings (SSSR count). The minimum atomic E-state index is -0.0986. The number of benzene rings is 3. The van der Waals surface area contributed by atoms with Crippen LogP contribution < -0.4 is 14.5 Å². The molecule has 0 radical (unpaired) electrons.